The molecule has 166 valence electrons. The van der Waals surface area contributed by atoms with E-state index in [1.54, 1.807) is 11.2 Å². The Labute approximate surface area is 192 Å². The molecule has 0 saturated heterocycles. The van der Waals surface area contributed by atoms with Gasteiger partial charge in [-0.3, -0.25) is 9.59 Å². The van der Waals surface area contributed by atoms with E-state index in [-0.39, 0.29) is 11.8 Å². The number of nitrogens with one attached hydrogen (secondary N) is 1. The summed E-state index contributed by atoms with van der Waals surface area (Å²) < 4.78 is 7.49. The number of carbonyl (C=O) groups is 2. The highest BCUT2D eigenvalue weighted by Crippen LogP contribution is 2.20. The van der Waals surface area contributed by atoms with Crippen LogP contribution >= 0.6 is 0 Å². The molecule has 1 aliphatic rings. The first-order chi connectivity index (χ1) is 16.2. The lowest BCUT2D eigenvalue weighted by Crippen LogP contribution is -2.30. The Bertz CT molecular complexity index is 1210. The van der Waals surface area contributed by atoms with Crippen LogP contribution in [0.25, 0.3) is 5.69 Å². The summed E-state index contributed by atoms with van der Waals surface area (Å²) in [5.41, 5.74) is 3.18. The Kier molecular flexibility index (Phi) is 5.81. The second kappa shape index (κ2) is 9.20. The van der Waals surface area contributed by atoms with Crippen LogP contribution < -0.4 is 5.32 Å². The smallest absolute Gasteiger partial charge is 0.254 e. The predicted molar refractivity (Wildman–Crippen MR) is 125 cm³/mol. The highest BCUT2D eigenvalue weighted by molar-refractivity contribution is 5.95. The summed E-state index contributed by atoms with van der Waals surface area (Å²) in [4.78, 5) is 27.4. The van der Waals surface area contributed by atoms with Crippen molar-refractivity contribution in [2.24, 2.45) is 0 Å². The van der Waals surface area contributed by atoms with Gasteiger partial charge in [-0.05, 0) is 79.1 Å². The molecule has 2 amide bonds. The van der Waals surface area contributed by atoms with Gasteiger partial charge in [-0.2, -0.15) is 0 Å². The van der Waals surface area contributed by atoms with Crippen molar-refractivity contribution < 1.29 is 14.0 Å². The van der Waals surface area contributed by atoms with E-state index in [9.17, 15) is 9.59 Å². The molecule has 4 aromatic rings. The summed E-state index contributed by atoms with van der Waals surface area (Å²) in [5, 5.41) is 3.00. The first-order valence-electron chi connectivity index (χ1n) is 11.1. The zero-order valence-electron chi connectivity index (χ0n) is 18.2. The van der Waals surface area contributed by atoms with Crippen LogP contribution in [0.2, 0.25) is 0 Å². The third kappa shape index (κ3) is 5.06. The quantitative estimate of drug-likeness (QED) is 0.429. The predicted octanol–water partition coefficient (Wildman–Crippen LogP) is 4.81. The van der Waals surface area contributed by atoms with Gasteiger partial charge in [-0.25, -0.2) is 0 Å². The molecule has 1 aliphatic carbocycles. The summed E-state index contributed by atoms with van der Waals surface area (Å²) in [6.07, 6.45) is 7.65. The van der Waals surface area contributed by atoms with Crippen molar-refractivity contribution >= 4 is 11.8 Å². The van der Waals surface area contributed by atoms with Gasteiger partial charge in [0.1, 0.15) is 5.76 Å². The number of carbonyl (C=O) groups excluding carboxylic acids is 2. The van der Waals surface area contributed by atoms with Crippen molar-refractivity contribution in [3.8, 4) is 5.69 Å². The van der Waals surface area contributed by atoms with Crippen LogP contribution in [0.1, 0.15) is 44.9 Å². The second-order valence-corrected chi connectivity index (χ2v) is 8.32. The van der Waals surface area contributed by atoms with E-state index < -0.39 is 0 Å². The largest absolute Gasteiger partial charge is 0.467 e. The molecular weight excluding hydrogens is 414 g/mol. The maximum Gasteiger partial charge on any atom is 0.254 e. The second-order valence-electron chi connectivity index (χ2n) is 8.32. The van der Waals surface area contributed by atoms with E-state index in [1.807, 2.05) is 89.8 Å². The Hall–Kier alpha value is -4.06. The minimum absolute atomic E-state index is 0.0460. The molecule has 0 atom stereocenters. The standard InChI is InChI=1S/C27H25N3O3/c31-26(28-23-11-12-23)21-7-5-20(6-8-21)18-30(19-25-4-3-17-33-25)27(32)22-9-13-24(14-10-22)29-15-1-2-16-29/h1-10,13-17,23H,11-12,18-19H2,(H,28,31). The SMILES string of the molecule is O=C(NC1CC1)c1ccc(CN(Cc2ccco2)C(=O)c2ccc(-n3cccc3)cc2)cc1. The fourth-order valence-electron chi connectivity index (χ4n) is 3.73. The molecule has 1 saturated carbocycles. The van der Waals surface area contributed by atoms with Gasteiger partial charge in [0.2, 0.25) is 0 Å². The van der Waals surface area contributed by atoms with Crippen LogP contribution in [0.3, 0.4) is 0 Å². The summed E-state index contributed by atoms with van der Waals surface area (Å²) >= 11 is 0. The van der Waals surface area contributed by atoms with Crippen LogP contribution in [0.5, 0.6) is 0 Å². The molecule has 2 heterocycles. The van der Waals surface area contributed by atoms with E-state index in [1.165, 1.54) is 0 Å². The van der Waals surface area contributed by atoms with Crippen LogP contribution in [-0.2, 0) is 13.1 Å². The normalized spacial score (nSPS) is 13.0. The fourth-order valence-corrected chi connectivity index (χ4v) is 3.73. The summed E-state index contributed by atoms with van der Waals surface area (Å²) in [6, 6.07) is 22.9. The van der Waals surface area contributed by atoms with Crippen molar-refractivity contribution in [1.29, 1.82) is 0 Å². The lowest BCUT2D eigenvalue weighted by molar-refractivity contribution is 0.0717. The van der Waals surface area contributed by atoms with Crippen molar-refractivity contribution in [1.82, 2.24) is 14.8 Å². The first-order valence-corrected chi connectivity index (χ1v) is 11.1. The lowest BCUT2D eigenvalue weighted by Gasteiger charge is -2.22. The Balaban J connectivity index is 1.33. The van der Waals surface area contributed by atoms with Gasteiger partial charge in [-0.1, -0.05) is 12.1 Å². The molecule has 2 aromatic carbocycles. The van der Waals surface area contributed by atoms with Gasteiger partial charge >= 0.3 is 0 Å². The summed E-state index contributed by atoms with van der Waals surface area (Å²) in [6.45, 7) is 0.762. The van der Waals surface area contributed by atoms with E-state index >= 15 is 0 Å². The fraction of sp³-hybridized carbons (Fsp3) is 0.185. The molecular formula is C27H25N3O3. The number of nitrogens with zero attached hydrogens (tertiary/aromatic N) is 2. The van der Waals surface area contributed by atoms with Gasteiger partial charge in [0.25, 0.3) is 11.8 Å². The average Bonchev–Trinajstić information content (AvgIpc) is 3.28. The van der Waals surface area contributed by atoms with Gasteiger partial charge in [0, 0.05) is 41.8 Å². The number of hydrogen-bond acceptors (Lipinski definition) is 3. The maximum atomic E-state index is 13.4. The van der Waals surface area contributed by atoms with Crippen molar-refractivity contribution in [3.63, 3.8) is 0 Å². The molecule has 0 aliphatic heterocycles. The van der Waals surface area contributed by atoms with E-state index in [0.717, 1.165) is 24.1 Å². The molecule has 33 heavy (non-hydrogen) atoms. The number of hydrogen-bond donors (Lipinski definition) is 1. The van der Waals surface area contributed by atoms with Crippen molar-refractivity contribution in [3.05, 3.63) is 114 Å². The monoisotopic (exact) mass is 439 g/mol. The van der Waals surface area contributed by atoms with Gasteiger partial charge in [0.05, 0.1) is 12.8 Å². The molecule has 5 rings (SSSR count). The molecule has 0 unspecified atom stereocenters. The minimum Gasteiger partial charge on any atom is -0.467 e. The van der Waals surface area contributed by atoms with Gasteiger partial charge < -0.3 is 19.2 Å². The van der Waals surface area contributed by atoms with Crippen molar-refractivity contribution in [2.45, 2.75) is 32.0 Å². The topological polar surface area (TPSA) is 67.5 Å². The third-order valence-electron chi connectivity index (χ3n) is 5.73. The first kappa shape index (κ1) is 20.8. The molecule has 0 bridgehead atoms. The van der Waals surface area contributed by atoms with Crippen LogP contribution in [0.4, 0.5) is 0 Å². The minimum atomic E-state index is -0.0824. The average molecular weight is 440 g/mol. The Morgan fingerprint density at radius 3 is 2.21 bits per heavy atom. The van der Waals surface area contributed by atoms with E-state index in [0.29, 0.717) is 36.0 Å². The number of furan rings is 1. The Morgan fingerprint density at radius 2 is 1.58 bits per heavy atom. The molecule has 2 aromatic heterocycles. The third-order valence-corrected chi connectivity index (χ3v) is 5.73. The van der Waals surface area contributed by atoms with Gasteiger partial charge in [0.15, 0.2) is 0 Å². The molecule has 0 spiro atoms. The molecule has 1 N–H and O–H groups in total. The number of amides is 2. The highest BCUT2D eigenvalue weighted by Gasteiger charge is 2.24. The van der Waals surface area contributed by atoms with E-state index in [2.05, 4.69) is 5.32 Å². The molecule has 1 fully saturated rings. The zero-order chi connectivity index (χ0) is 22.6. The number of aromatic nitrogens is 1. The molecule has 6 nitrogen and oxygen atoms in total. The lowest BCUT2D eigenvalue weighted by atomic mass is 10.1. The van der Waals surface area contributed by atoms with E-state index in [4.69, 9.17) is 4.42 Å². The number of benzene rings is 2. The summed E-state index contributed by atoms with van der Waals surface area (Å²) in [5.74, 6) is 0.587. The Morgan fingerprint density at radius 1 is 0.879 bits per heavy atom. The van der Waals surface area contributed by atoms with Gasteiger partial charge in [-0.15, -0.1) is 0 Å². The van der Waals surface area contributed by atoms with Crippen molar-refractivity contribution in [2.75, 3.05) is 0 Å². The number of rotatable bonds is 8. The van der Waals surface area contributed by atoms with Crippen LogP contribution in [0, 0.1) is 0 Å². The molecule has 6 heteroatoms. The molecule has 0 radical (unpaired) electrons. The van der Waals surface area contributed by atoms with Crippen LogP contribution in [0.15, 0.2) is 95.9 Å². The summed E-state index contributed by atoms with van der Waals surface area (Å²) in [7, 11) is 0. The maximum absolute atomic E-state index is 13.4. The highest BCUT2D eigenvalue weighted by atomic mass is 16.3. The van der Waals surface area contributed by atoms with Crippen LogP contribution in [-0.4, -0.2) is 27.3 Å². The zero-order valence-corrected chi connectivity index (χ0v) is 18.2.